The van der Waals surface area contributed by atoms with Crippen molar-refractivity contribution < 1.29 is 14.3 Å². The molecular weight excluding hydrogens is 516 g/mol. The van der Waals surface area contributed by atoms with E-state index in [-0.39, 0.29) is 29.2 Å². The molecule has 0 heterocycles. The molecule has 0 radical (unpaired) electrons. The van der Waals surface area contributed by atoms with Crippen LogP contribution in [0.1, 0.15) is 156 Å². The lowest BCUT2D eigenvalue weighted by Crippen LogP contribution is -2.59. The van der Waals surface area contributed by atoms with Crippen LogP contribution in [0.5, 0.6) is 0 Å². The minimum absolute atomic E-state index is 0.0440. The van der Waals surface area contributed by atoms with Crippen LogP contribution >= 0.6 is 0 Å². The second-order valence-corrected chi connectivity index (χ2v) is 18.5. The zero-order valence-electron chi connectivity index (χ0n) is 27.6. The van der Waals surface area contributed by atoms with Crippen molar-refractivity contribution in [3.8, 4) is 0 Å². The normalized spacial score (nSPS) is 56.6. The number of hydrogen-bond acceptors (Lipinski definition) is 3. The molecule has 0 N–H and O–H groups in total. The summed E-state index contributed by atoms with van der Waals surface area (Å²) in [5.41, 5.74) is 1.42. The Morgan fingerprint density at radius 3 is 1.38 bits per heavy atom. The van der Waals surface area contributed by atoms with E-state index in [0.29, 0.717) is 10.8 Å². The van der Waals surface area contributed by atoms with Gasteiger partial charge in [-0.15, -0.1) is 0 Å². The smallest absolute Gasteiger partial charge is 0.430 e. The van der Waals surface area contributed by atoms with E-state index < -0.39 is 0 Å². The summed E-state index contributed by atoms with van der Waals surface area (Å²) >= 11 is 0. The maximum Gasteiger partial charge on any atom is 0.508 e. The van der Waals surface area contributed by atoms with Crippen molar-refractivity contribution >= 4 is 6.16 Å². The quantitative estimate of drug-likeness (QED) is 0.306. The predicted molar refractivity (Wildman–Crippen MR) is 168 cm³/mol. The van der Waals surface area contributed by atoms with E-state index in [9.17, 15) is 4.79 Å². The molecule has 4 unspecified atom stereocenters. The summed E-state index contributed by atoms with van der Waals surface area (Å²) < 4.78 is 13.3. The predicted octanol–water partition coefficient (Wildman–Crippen LogP) is 10.7. The molecule has 8 fully saturated rings. The third-order valence-electron chi connectivity index (χ3n) is 17.4. The summed E-state index contributed by atoms with van der Waals surface area (Å²) in [4.78, 5) is 14.0. The molecule has 236 valence electrons. The monoisotopic (exact) mass is 578 g/mol. The first-order valence-electron chi connectivity index (χ1n) is 19.0. The van der Waals surface area contributed by atoms with Gasteiger partial charge in [0.1, 0.15) is 12.2 Å². The second kappa shape index (κ2) is 10.1. The number of carbonyl (C=O) groups is 1. The van der Waals surface area contributed by atoms with E-state index in [2.05, 4.69) is 27.7 Å². The topological polar surface area (TPSA) is 35.5 Å². The number of fused-ring (bicyclic) bond motifs is 10. The fourth-order valence-corrected chi connectivity index (χ4v) is 15.2. The van der Waals surface area contributed by atoms with Gasteiger partial charge in [0.05, 0.1) is 0 Å². The van der Waals surface area contributed by atoms with Crippen LogP contribution in [-0.4, -0.2) is 18.4 Å². The molecule has 3 heteroatoms. The van der Waals surface area contributed by atoms with Gasteiger partial charge in [-0.3, -0.25) is 0 Å². The fraction of sp³-hybridized carbons (Fsp3) is 0.974. The molecular formula is C39H62O3. The Bertz CT molecular complexity index is 974. The van der Waals surface area contributed by atoms with Gasteiger partial charge in [-0.25, -0.2) is 4.79 Å². The van der Waals surface area contributed by atoms with Gasteiger partial charge in [0.15, 0.2) is 0 Å². The van der Waals surface area contributed by atoms with Gasteiger partial charge < -0.3 is 9.47 Å². The number of hydrogen-bond donors (Lipinski definition) is 0. The van der Waals surface area contributed by atoms with Gasteiger partial charge in [0.2, 0.25) is 0 Å². The molecule has 0 amide bonds. The maximum atomic E-state index is 14.0. The van der Waals surface area contributed by atoms with E-state index >= 15 is 0 Å². The first-order chi connectivity index (χ1) is 20.2. The lowest BCUT2D eigenvalue weighted by Gasteiger charge is -2.62. The van der Waals surface area contributed by atoms with Crippen LogP contribution < -0.4 is 0 Å². The van der Waals surface area contributed by atoms with Crippen molar-refractivity contribution in [3.05, 3.63) is 0 Å². The van der Waals surface area contributed by atoms with Crippen molar-refractivity contribution in [3.63, 3.8) is 0 Å². The molecule has 0 spiro atoms. The Morgan fingerprint density at radius 2 is 0.929 bits per heavy atom. The largest absolute Gasteiger partial charge is 0.508 e. The van der Waals surface area contributed by atoms with Crippen LogP contribution in [0, 0.1) is 69.0 Å². The van der Waals surface area contributed by atoms with Crippen molar-refractivity contribution in [2.75, 3.05) is 0 Å². The lowest BCUT2D eigenvalue weighted by molar-refractivity contribution is -0.188. The van der Waals surface area contributed by atoms with Crippen LogP contribution in [0.2, 0.25) is 0 Å². The maximum absolute atomic E-state index is 14.0. The van der Waals surface area contributed by atoms with E-state index in [4.69, 9.17) is 9.47 Å². The van der Waals surface area contributed by atoms with Crippen LogP contribution in [0.25, 0.3) is 0 Å². The van der Waals surface area contributed by atoms with Crippen molar-refractivity contribution in [2.24, 2.45) is 69.0 Å². The van der Waals surface area contributed by atoms with E-state index in [1.165, 1.54) is 116 Å². The summed E-state index contributed by atoms with van der Waals surface area (Å²) in [6.07, 6.45) is 26.6. The third kappa shape index (κ3) is 4.04. The number of carbonyl (C=O) groups excluding carboxylic acids is 1. The van der Waals surface area contributed by atoms with Crippen LogP contribution in [-0.2, 0) is 9.47 Å². The Kier molecular flexibility index (Phi) is 6.93. The van der Waals surface area contributed by atoms with Crippen molar-refractivity contribution in [1.82, 2.24) is 0 Å². The van der Waals surface area contributed by atoms with E-state index in [1.54, 1.807) is 0 Å². The molecule has 0 bridgehead atoms. The van der Waals surface area contributed by atoms with Gasteiger partial charge in [0, 0.05) is 10.8 Å². The number of ether oxygens (including phenoxy) is 2. The molecule has 42 heavy (non-hydrogen) atoms. The van der Waals surface area contributed by atoms with Gasteiger partial charge in [-0.2, -0.15) is 0 Å². The summed E-state index contributed by atoms with van der Waals surface area (Å²) in [5.74, 6) is 6.38. The summed E-state index contributed by atoms with van der Waals surface area (Å²) in [6.45, 7) is 10.3. The average Bonchev–Trinajstić information content (AvgIpc) is 3.56. The zero-order chi connectivity index (χ0) is 28.9. The van der Waals surface area contributed by atoms with Crippen LogP contribution in [0.4, 0.5) is 4.79 Å². The third-order valence-corrected chi connectivity index (χ3v) is 17.4. The highest BCUT2D eigenvalue weighted by atomic mass is 16.7. The molecule has 0 aliphatic heterocycles. The fourth-order valence-electron chi connectivity index (χ4n) is 15.2. The van der Waals surface area contributed by atoms with E-state index in [1.807, 2.05) is 0 Å². The SMILES string of the molecule is C[C@@]12CCC[C@H]1[C@@H]1CCC3CCCC(OC(=O)OC4CCCC5CC[C@@H]6[C@@H](CC[C@]7(C)CCC[C@@H]67)[C@]54C)[C@]3(C)[C@@H]1CC2. The van der Waals surface area contributed by atoms with Gasteiger partial charge in [-0.1, -0.05) is 40.5 Å². The van der Waals surface area contributed by atoms with Crippen molar-refractivity contribution in [2.45, 2.75) is 168 Å². The second-order valence-electron chi connectivity index (χ2n) is 18.5. The molecule has 8 aliphatic rings. The lowest BCUT2D eigenvalue weighted by atomic mass is 9.44. The minimum atomic E-state index is -0.305. The van der Waals surface area contributed by atoms with Crippen LogP contribution in [0.15, 0.2) is 0 Å². The Balaban J connectivity index is 1.01. The summed E-state index contributed by atoms with van der Waals surface area (Å²) in [7, 11) is 0. The molecule has 8 rings (SSSR count). The Labute approximate surface area is 257 Å². The molecule has 0 saturated heterocycles. The molecule has 8 aliphatic carbocycles. The molecule has 0 aromatic carbocycles. The Morgan fingerprint density at radius 1 is 0.476 bits per heavy atom. The van der Waals surface area contributed by atoms with Crippen LogP contribution in [0.3, 0.4) is 0 Å². The highest BCUT2D eigenvalue weighted by Gasteiger charge is 2.63. The molecule has 14 atom stereocenters. The molecule has 3 nitrogen and oxygen atoms in total. The summed E-state index contributed by atoms with van der Waals surface area (Å²) in [6, 6.07) is 0. The number of rotatable bonds is 2. The molecule has 0 aromatic heterocycles. The first-order valence-corrected chi connectivity index (χ1v) is 19.0. The van der Waals surface area contributed by atoms with Gasteiger partial charge >= 0.3 is 6.16 Å². The van der Waals surface area contributed by atoms with E-state index in [0.717, 1.165) is 60.2 Å². The highest BCUT2D eigenvalue weighted by molar-refractivity contribution is 5.60. The molecule has 0 aromatic rings. The average molecular weight is 579 g/mol. The Hall–Kier alpha value is -0.730. The highest BCUT2D eigenvalue weighted by Crippen LogP contribution is 2.68. The van der Waals surface area contributed by atoms with Gasteiger partial charge in [-0.05, 0) is 174 Å². The standard InChI is InChI=1S/C39H62O3/c1-36-21-7-11-29(36)27-17-15-25-9-5-13-33(38(25,3)31(27)19-23-36)41-35(40)42-34-14-6-10-26-16-18-28-30-12-8-22-37(30,2)24-20-32(28)39(26,34)4/h25-34H,5-24H2,1-4H3/t25?,26?,27-,28-,29-,30-,31+,32+,33?,34?,36-,37-,38-,39-/m0/s1. The first kappa shape index (κ1) is 28.7. The zero-order valence-corrected chi connectivity index (χ0v) is 27.6. The van der Waals surface area contributed by atoms with Crippen molar-refractivity contribution in [1.29, 1.82) is 0 Å². The molecule has 8 saturated carbocycles. The summed E-state index contributed by atoms with van der Waals surface area (Å²) in [5, 5.41) is 0. The van der Waals surface area contributed by atoms with Gasteiger partial charge in [0.25, 0.3) is 0 Å². The minimum Gasteiger partial charge on any atom is -0.430 e.